The van der Waals surface area contributed by atoms with Crippen molar-refractivity contribution < 1.29 is 9.59 Å². The Kier molecular flexibility index (Phi) is 7.35. The van der Waals surface area contributed by atoms with E-state index >= 15 is 0 Å². The van der Waals surface area contributed by atoms with E-state index in [2.05, 4.69) is 5.32 Å². The van der Waals surface area contributed by atoms with E-state index in [0.29, 0.717) is 6.04 Å². The Labute approximate surface area is 151 Å². The van der Waals surface area contributed by atoms with E-state index in [-0.39, 0.29) is 42.1 Å². The first-order chi connectivity index (χ1) is 11.1. The van der Waals surface area contributed by atoms with Gasteiger partial charge in [0.15, 0.2) is 0 Å². The molecule has 2 saturated carbocycles. The van der Waals surface area contributed by atoms with Crippen LogP contribution in [0.15, 0.2) is 0 Å². The molecular formula is C18H32ClN3O2. The predicted octanol–water partition coefficient (Wildman–Crippen LogP) is 2.22. The van der Waals surface area contributed by atoms with Crippen molar-refractivity contribution in [2.24, 2.45) is 17.6 Å². The normalized spacial score (nSPS) is 33.6. The fraction of sp³-hybridized carbons (Fsp3) is 0.889. The Bertz CT molecular complexity index is 432. The molecule has 2 unspecified atom stereocenters. The van der Waals surface area contributed by atoms with E-state index in [1.54, 1.807) is 0 Å². The van der Waals surface area contributed by atoms with Gasteiger partial charge in [0.2, 0.25) is 11.8 Å². The lowest BCUT2D eigenvalue weighted by molar-refractivity contribution is -0.143. The van der Waals surface area contributed by atoms with Crippen LogP contribution in [-0.4, -0.2) is 41.9 Å². The van der Waals surface area contributed by atoms with Crippen molar-refractivity contribution in [3.05, 3.63) is 0 Å². The van der Waals surface area contributed by atoms with E-state index < -0.39 is 0 Å². The Balaban J connectivity index is 0.00000208. The fourth-order valence-corrected chi connectivity index (χ4v) is 4.48. The van der Waals surface area contributed by atoms with Crippen molar-refractivity contribution in [2.45, 2.75) is 76.3 Å². The number of carbonyl (C=O) groups is 2. The molecule has 1 saturated heterocycles. The Morgan fingerprint density at radius 1 is 0.833 bits per heavy atom. The Morgan fingerprint density at radius 2 is 1.42 bits per heavy atom. The zero-order valence-corrected chi connectivity index (χ0v) is 15.4. The van der Waals surface area contributed by atoms with Crippen molar-refractivity contribution >= 4 is 24.2 Å². The first-order valence-corrected chi connectivity index (χ1v) is 9.50. The number of hydrogen-bond acceptors (Lipinski definition) is 3. The van der Waals surface area contributed by atoms with Crippen LogP contribution >= 0.6 is 12.4 Å². The number of likely N-dealkylation sites (tertiary alicyclic amines) is 1. The number of nitrogens with zero attached hydrogens (tertiary/aromatic N) is 1. The average molecular weight is 358 g/mol. The third kappa shape index (κ3) is 4.63. The minimum Gasteiger partial charge on any atom is -0.353 e. The molecule has 0 bridgehead atoms. The maximum atomic E-state index is 12.8. The molecule has 3 fully saturated rings. The van der Waals surface area contributed by atoms with Crippen LogP contribution in [0.4, 0.5) is 0 Å². The summed E-state index contributed by atoms with van der Waals surface area (Å²) in [6.45, 7) is 1.76. The second-order valence-electron chi connectivity index (χ2n) is 7.65. The highest BCUT2D eigenvalue weighted by molar-refractivity contribution is 5.88. The summed E-state index contributed by atoms with van der Waals surface area (Å²) in [6, 6.07) is 0.550. The van der Waals surface area contributed by atoms with E-state index in [9.17, 15) is 9.59 Å². The molecule has 0 aromatic heterocycles. The highest BCUT2D eigenvalue weighted by Gasteiger charge is 2.39. The number of carbonyl (C=O) groups excluding carboxylic acids is 2. The summed E-state index contributed by atoms with van der Waals surface area (Å²) >= 11 is 0. The van der Waals surface area contributed by atoms with Gasteiger partial charge < -0.3 is 16.0 Å². The molecule has 3 N–H and O–H groups in total. The van der Waals surface area contributed by atoms with Crippen molar-refractivity contribution in [2.75, 3.05) is 13.1 Å². The molecule has 1 aliphatic heterocycles. The number of amides is 2. The van der Waals surface area contributed by atoms with Gasteiger partial charge in [-0.2, -0.15) is 0 Å². The monoisotopic (exact) mass is 357 g/mol. The summed E-state index contributed by atoms with van der Waals surface area (Å²) in [7, 11) is 0. The molecule has 138 valence electrons. The molecule has 2 atom stereocenters. The molecule has 24 heavy (non-hydrogen) atoms. The van der Waals surface area contributed by atoms with Crippen LogP contribution < -0.4 is 11.1 Å². The van der Waals surface area contributed by atoms with Crippen molar-refractivity contribution in [3.63, 3.8) is 0 Å². The fourth-order valence-electron chi connectivity index (χ4n) is 4.48. The third-order valence-electron chi connectivity index (χ3n) is 5.96. The molecule has 3 aliphatic rings. The summed E-state index contributed by atoms with van der Waals surface area (Å²) in [5.41, 5.74) is 5.94. The zero-order valence-electron chi connectivity index (χ0n) is 14.5. The molecule has 2 amide bonds. The smallest absolute Gasteiger partial charge is 0.226 e. The largest absolute Gasteiger partial charge is 0.353 e. The number of nitrogens with one attached hydrogen (secondary N) is 1. The second-order valence-corrected chi connectivity index (χ2v) is 7.65. The summed E-state index contributed by atoms with van der Waals surface area (Å²) < 4.78 is 0. The van der Waals surface area contributed by atoms with E-state index in [1.165, 1.54) is 0 Å². The molecular weight excluding hydrogens is 326 g/mol. The predicted molar refractivity (Wildman–Crippen MR) is 96.9 cm³/mol. The van der Waals surface area contributed by atoms with Crippen molar-refractivity contribution in [3.8, 4) is 0 Å². The minimum absolute atomic E-state index is 0. The first kappa shape index (κ1) is 19.5. The third-order valence-corrected chi connectivity index (χ3v) is 5.96. The first-order valence-electron chi connectivity index (χ1n) is 9.50. The standard InChI is InChI=1S/C18H31N3O2.ClH/c19-13-7-9-14(10-8-13)20-17(22)15-5-1-2-6-16(15)18(23)21-11-3-4-12-21;/h13-16H,1-12,19H2,(H,20,22);1H. The molecule has 1 heterocycles. The van der Waals surface area contributed by atoms with Crippen LogP contribution in [0.5, 0.6) is 0 Å². The van der Waals surface area contributed by atoms with E-state index in [1.807, 2.05) is 4.90 Å². The number of hydrogen-bond donors (Lipinski definition) is 2. The van der Waals surface area contributed by atoms with Gasteiger partial charge in [-0.25, -0.2) is 0 Å². The number of halogens is 1. The summed E-state index contributed by atoms with van der Waals surface area (Å²) in [6.07, 6.45) is 10.0. The van der Waals surface area contributed by atoms with Gasteiger partial charge in [-0.3, -0.25) is 9.59 Å². The minimum atomic E-state index is -0.118. The number of rotatable bonds is 3. The van der Waals surface area contributed by atoms with Crippen LogP contribution in [0, 0.1) is 11.8 Å². The van der Waals surface area contributed by atoms with Crippen molar-refractivity contribution in [1.82, 2.24) is 10.2 Å². The van der Waals surface area contributed by atoms with Gasteiger partial charge >= 0.3 is 0 Å². The highest BCUT2D eigenvalue weighted by Crippen LogP contribution is 2.33. The lowest BCUT2D eigenvalue weighted by atomic mass is 9.77. The van der Waals surface area contributed by atoms with Gasteiger partial charge in [-0.05, 0) is 51.4 Å². The van der Waals surface area contributed by atoms with Crippen LogP contribution in [0.3, 0.4) is 0 Å². The second kappa shape index (κ2) is 9.04. The maximum absolute atomic E-state index is 12.8. The molecule has 6 heteroatoms. The van der Waals surface area contributed by atoms with Crippen LogP contribution in [0.1, 0.15) is 64.2 Å². The molecule has 3 rings (SSSR count). The molecule has 5 nitrogen and oxygen atoms in total. The summed E-state index contributed by atoms with van der Waals surface area (Å²) in [5.74, 6) is 0.135. The highest BCUT2D eigenvalue weighted by atomic mass is 35.5. The van der Waals surface area contributed by atoms with Gasteiger partial charge in [0.25, 0.3) is 0 Å². The van der Waals surface area contributed by atoms with Gasteiger partial charge in [-0.1, -0.05) is 12.8 Å². The molecule has 0 aromatic carbocycles. The number of nitrogens with two attached hydrogens (primary N) is 1. The lowest BCUT2D eigenvalue weighted by Crippen LogP contribution is -2.48. The Morgan fingerprint density at radius 3 is 2.04 bits per heavy atom. The zero-order chi connectivity index (χ0) is 16.2. The summed E-state index contributed by atoms with van der Waals surface area (Å²) in [5, 5.41) is 3.22. The van der Waals surface area contributed by atoms with E-state index in [4.69, 9.17) is 5.73 Å². The van der Waals surface area contributed by atoms with Crippen LogP contribution in [0.25, 0.3) is 0 Å². The SMILES string of the molecule is Cl.NC1CCC(NC(=O)C2CCCCC2C(=O)N2CCCC2)CC1. The van der Waals surface area contributed by atoms with Crippen LogP contribution in [-0.2, 0) is 9.59 Å². The Hall–Kier alpha value is -0.810. The topological polar surface area (TPSA) is 75.4 Å². The quantitative estimate of drug-likeness (QED) is 0.813. The van der Waals surface area contributed by atoms with Gasteiger partial charge in [0, 0.05) is 37.0 Å². The molecule has 2 aliphatic carbocycles. The van der Waals surface area contributed by atoms with Gasteiger partial charge in [0.1, 0.15) is 0 Å². The van der Waals surface area contributed by atoms with Crippen LogP contribution in [0.2, 0.25) is 0 Å². The van der Waals surface area contributed by atoms with Crippen molar-refractivity contribution in [1.29, 1.82) is 0 Å². The molecule has 0 radical (unpaired) electrons. The maximum Gasteiger partial charge on any atom is 0.226 e. The van der Waals surface area contributed by atoms with Gasteiger partial charge in [0.05, 0.1) is 0 Å². The molecule has 0 spiro atoms. The summed E-state index contributed by atoms with van der Waals surface area (Å²) in [4.78, 5) is 27.5. The average Bonchev–Trinajstić information content (AvgIpc) is 3.11. The lowest BCUT2D eigenvalue weighted by Gasteiger charge is -2.34. The van der Waals surface area contributed by atoms with E-state index in [0.717, 1.165) is 77.3 Å². The molecule has 0 aromatic rings. The van der Waals surface area contributed by atoms with Gasteiger partial charge in [-0.15, -0.1) is 12.4 Å².